The normalized spacial score (nSPS) is 14.9. The summed E-state index contributed by atoms with van der Waals surface area (Å²) in [6, 6.07) is 11.8. The Bertz CT molecular complexity index is 1150. The fourth-order valence-corrected chi connectivity index (χ4v) is 3.86. The number of benzene rings is 1. The molecule has 4 aromatic rings. The monoisotopic (exact) mass is 360 g/mol. The summed E-state index contributed by atoms with van der Waals surface area (Å²) in [6.45, 7) is 1.65. The molecular formula is C20H20N6O. The fraction of sp³-hybridized carbons (Fsp3) is 0.250. The van der Waals surface area contributed by atoms with Crippen LogP contribution in [0.4, 0.5) is 5.82 Å². The van der Waals surface area contributed by atoms with Gasteiger partial charge in [0.05, 0.1) is 28.5 Å². The molecule has 5 rings (SSSR count). The average Bonchev–Trinajstić information content (AvgIpc) is 3.31. The van der Waals surface area contributed by atoms with E-state index in [4.69, 9.17) is 5.73 Å². The first-order chi connectivity index (χ1) is 13.2. The lowest BCUT2D eigenvalue weighted by atomic mass is 10.1. The molecule has 0 atom stereocenters. The number of rotatable bonds is 2. The number of pyridine rings is 1. The number of hydrogen-bond acceptors (Lipinski definition) is 4. The number of carbonyl (C=O) groups is 1. The van der Waals surface area contributed by atoms with Gasteiger partial charge in [0.2, 0.25) is 0 Å². The Hall–Kier alpha value is -3.35. The van der Waals surface area contributed by atoms with Gasteiger partial charge in [-0.1, -0.05) is 12.1 Å². The van der Waals surface area contributed by atoms with E-state index in [-0.39, 0.29) is 5.91 Å². The van der Waals surface area contributed by atoms with Crippen LogP contribution in [-0.2, 0) is 0 Å². The molecule has 7 nitrogen and oxygen atoms in total. The van der Waals surface area contributed by atoms with Gasteiger partial charge in [0.25, 0.3) is 5.91 Å². The summed E-state index contributed by atoms with van der Waals surface area (Å²) in [5, 5.41) is 12.4. The van der Waals surface area contributed by atoms with Crippen LogP contribution >= 0.6 is 0 Å². The lowest BCUT2D eigenvalue weighted by molar-refractivity contribution is 0.0726. The van der Waals surface area contributed by atoms with Crippen molar-refractivity contribution in [2.45, 2.75) is 19.3 Å². The number of amides is 1. The van der Waals surface area contributed by atoms with Crippen molar-refractivity contribution in [1.82, 2.24) is 24.7 Å². The van der Waals surface area contributed by atoms with Gasteiger partial charge in [-0.05, 0) is 43.5 Å². The van der Waals surface area contributed by atoms with Crippen molar-refractivity contribution in [2.24, 2.45) is 0 Å². The van der Waals surface area contributed by atoms with Crippen molar-refractivity contribution < 1.29 is 4.79 Å². The molecule has 0 radical (unpaired) electrons. The summed E-state index contributed by atoms with van der Waals surface area (Å²) in [6.07, 6.45) is 5.02. The van der Waals surface area contributed by atoms with E-state index in [0.717, 1.165) is 53.6 Å². The molecule has 0 bridgehead atoms. The molecule has 0 unspecified atom stereocenters. The Kier molecular flexibility index (Phi) is 3.60. The van der Waals surface area contributed by atoms with Crippen LogP contribution in [-0.4, -0.2) is 43.7 Å². The molecule has 4 heterocycles. The number of fused-ring (bicyclic) bond motifs is 2. The summed E-state index contributed by atoms with van der Waals surface area (Å²) in [5.41, 5.74) is 10.2. The zero-order valence-electron chi connectivity index (χ0n) is 14.9. The number of hydrogen-bond donors (Lipinski definition) is 2. The molecule has 0 saturated carbocycles. The first-order valence-electron chi connectivity index (χ1n) is 9.22. The molecule has 1 aliphatic rings. The summed E-state index contributed by atoms with van der Waals surface area (Å²) < 4.78 is 1.83. The van der Waals surface area contributed by atoms with Crippen molar-refractivity contribution in [2.75, 3.05) is 18.8 Å². The van der Waals surface area contributed by atoms with Gasteiger partial charge in [0, 0.05) is 24.0 Å². The molecule has 1 aromatic carbocycles. The topological polar surface area (TPSA) is 92.3 Å². The van der Waals surface area contributed by atoms with Gasteiger partial charge in [0.1, 0.15) is 0 Å². The van der Waals surface area contributed by atoms with Crippen LogP contribution in [0.2, 0.25) is 0 Å². The first kappa shape index (κ1) is 15.9. The van der Waals surface area contributed by atoms with E-state index in [1.807, 2.05) is 45.8 Å². The van der Waals surface area contributed by atoms with Gasteiger partial charge in [0.15, 0.2) is 5.82 Å². The molecule has 3 N–H and O–H groups in total. The van der Waals surface area contributed by atoms with E-state index >= 15 is 0 Å². The Morgan fingerprint density at radius 1 is 1.11 bits per heavy atom. The Balaban J connectivity index is 1.60. The molecule has 1 amide bonds. The molecule has 0 aliphatic carbocycles. The maximum Gasteiger partial charge on any atom is 0.257 e. The number of carbonyl (C=O) groups excluding carboxylic acids is 1. The smallest absolute Gasteiger partial charge is 0.257 e. The number of likely N-dealkylation sites (tertiary alicyclic amines) is 1. The molecule has 27 heavy (non-hydrogen) atoms. The van der Waals surface area contributed by atoms with E-state index in [1.165, 1.54) is 6.42 Å². The average molecular weight is 360 g/mol. The quantitative estimate of drug-likeness (QED) is 0.574. The van der Waals surface area contributed by atoms with Crippen LogP contribution in [0.25, 0.3) is 27.7 Å². The number of H-pyrrole nitrogens is 1. The van der Waals surface area contributed by atoms with Gasteiger partial charge in [-0.15, -0.1) is 0 Å². The molecule has 7 heteroatoms. The minimum atomic E-state index is 0.0661. The number of piperidine rings is 1. The maximum absolute atomic E-state index is 13.0. The highest BCUT2D eigenvalue weighted by Crippen LogP contribution is 2.28. The molecule has 1 fully saturated rings. The molecule has 3 aromatic heterocycles. The zero-order chi connectivity index (χ0) is 18.4. The predicted octanol–water partition coefficient (Wildman–Crippen LogP) is 3.09. The number of nitrogens with one attached hydrogen (secondary N) is 1. The van der Waals surface area contributed by atoms with Crippen molar-refractivity contribution in [1.29, 1.82) is 0 Å². The van der Waals surface area contributed by atoms with Crippen LogP contribution in [0, 0.1) is 0 Å². The van der Waals surface area contributed by atoms with E-state index in [1.54, 1.807) is 6.20 Å². The number of nitrogens with zero attached hydrogens (tertiary/aromatic N) is 4. The predicted molar refractivity (Wildman–Crippen MR) is 104 cm³/mol. The van der Waals surface area contributed by atoms with E-state index in [9.17, 15) is 4.79 Å². The zero-order valence-corrected chi connectivity index (χ0v) is 14.9. The highest BCUT2D eigenvalue weighted by atomic mass is 16.2. The van der Waals surface area contributed by atoms with Gasteiger partial charge in [-0.3, -0.25) is 9.89 Å². The van der Waals surface area contributed by atoms with Gasteiger partial charge in [-0.2, -0.15) is 10.2 Å². The Labute approximate surface area is 155 Å². The minimum absolute atomic E-state index is 0.0661. The molecular weight excluding hydrogens is 340 g/mol. The summed E-state index contributed by atoms with van der Waals surface area (Å²) in [5.74, 6) is 0.539. The van der Waals surface area contributed by atoms with Crippen LogP contribution in [0.5, 0.6) is 0 Å². The number of anilines is 1. The number of nitrogens with two attached hydrogens (primary N) is 1. The van der Waals surface area contributed by atoms with Gasteiger partial charge in [-0.25, -0.2) is 4.52 Å². The maximum atomic E-state index is 13.0. The fourth-order valence-electron chi connectivity index (χ4n) is 3.86. The Morgan fingerprint density at radius 2 is 1.96 bits per heavy atom. The van der Waals surface area contributed by atoms with E-state index in [0.29, 0.717) is 11.4 Å². The number of nitrogen functional groups attached to an aromatic ring is 1. The second-order valence-corrected chi connectivity index (χ2v) is 6.99. The lowest BCUT2D eigenvalue weighted by Crippen LogP contribution is -2.35. The third-order valence-electron chi connectivity index (χ3n) is 5.30. The lowest BCUT2D eigenvalue weighted by Gasteiger charge is -2.26. The van der Waals surface area contributed by atoms with Crippen molar-refractivity contribution in [3.63, 3.8) is 0 Å². The summed E-state index contributed by atoms with van der Waals surface area (Å²) >= 11 is 0. The van der Waals surface area contributed by atoms with Crippen LogP contribution in [0.3, 0.4) is 0 Å². The summed E-state index contributed by atoms with van der Waals surface area (Å²) in [7, 11) is 0. The highest BCUT2D eigenvalue weighted by molar-refractivity contribution is 6.01. The largest absolute Gasteiger partial charge is 0.382 e. The van der Waals surface area contributed by atoms with Gasteiger partial charge < -0.3 is 10.6 Å². The van der Waals surface area contributed by atoms with Gasteiger partial charge >= 0.3 is 0 Å². The second kappa shape index (κ2) is 6.12. The standard InChI is InChI=1S/C20H20N6O/c21-19-14-11-13(7-8-16(14)23-24-19)17-5-4-6-18-15(12-22-26(17)18)20(27)25-9-2-1-3-10-25/h4-8,11-12H,1-3,9-10H2,(H3,21,23,24). The van der Waals surface area contributed by atoms with Crippen LogP contribution in [0.15, 0.2) is 42.6 Å². The first-order valence-corrected chi connectivity index (χ1v) is 9.22. The summed E-state index contributed by atoms with van der Waals surface area (Å²) in [4.78, 5) is 14.9. The van der Waals surface area contributed by atoms with Crippen LogP contribution in [0.1, 0.15) is 29.6 Å². The molecule has 1 aliphatic heterocycles. The molecule has 136 valence electrons. The third-order valence-corrected chi connectivity index (χ3v) is 5.30. The molecule has 0 spiro atoms. The van der Waals surface area contributed by atoms with Crippen molar-refractivity contribution in [3.05, 3.63) is 48.2 Å². The number of aromatic nitrogens is 4. The van der Waals surface area contributed by atoms with Crippen LogP contribution < -0.4 is 5.73 Å². The highest BCUT2D eigenvalue weighted by Gasteiger charge is 2.22. The SMILES string of the molecule is Nc1n[nH]c2ccc(-c3cccc4c(C(=O)N5CCCCC5)cnn34)cc12. The third kappa shape index (κ3) is 2.54. The number of aromatic amines is 1. The Morgan fingerprint density at radius 3 is 2.81 bits per heavy atom. The van der Waals surface area contributed by atoms with Crippen molar-refractivity contribution in [3.8, 4) is 11.3 Å². The molecule has 1 saturated heterocycles. The van der Waals surface area contributed by atoms with E-state index < -0.39 is 0 Å². The second-order valence-electron chi connectivity index (χ2n) is 6.99. The van der Waals surface area contributed by atoms with E-state index in [2.05, 4.69) is 15.3 Å². The van der Waals surface area contributed by atoms with Crippen molar-refractivity contribution >= 4 is 28.1 Å². The minimum Gasteiger partial charge on any atom is -0.382 e.